The van der Waals surface area contributed by atoms with Crippen molar-refractivity contribution in [3.05, 3.63) is 124 Å². The second-order valence-corrected chi connectivity index (χ2v) is 13.8. The predicted octanol–water partition coefficient (Wildman–Crippen LogP) is 6.13. The van der Waals surface area contributed by atoms with Crippen molar-refractivity contribution in [2.45, 2.75) is 50.7 Å². The van der Waals surface area contributed by atoms with Crippen LogP contribution in [-0.4, -0.2) is 50.9 Å². The van der Waals surface area contributed by atoms with Crippen LogP contribution in [0.3, 0.4) is 0 Å². The van der Waals surface area contributed by atoms with Crippen LogP contribution in [0, 0.1) is 6.92 Å². The molecule has 1 N–H and O–H groups in total. The quantitative estimate of drug-likeness (QED) is 0.182. The molecule has 1 atom stereocenters. The van der Waals surface area contributed by atoms with E-state index in [-0.39, 0.29) is 29.8 Å². The van der Waals surface area contributed by atoms with Crippen molar-refractivity contribution < 1.29 is 22.7 Å². The molecule has 10 heteroatoms. The number of anilines is 1. The molecule has 4 aromatic carbocycles. The highest BCUT2D eigenvalue weighted by Gasteiger charge is 2.34. The Labute approximate surface area is 274 Å². The lowest BCUT2D eigenvalue weighted by Crippen LogP contribution is -2.54. The molecule has 1 unspecified atom stereocenters. The summed E-state index contributed by atoms with van der Waals surface area (Å²) in [6, 6.07) is 28.8. The number of benzene rings is 4. The summed E-state index contributed by atoms with van der Waals surface area (Å²) in [5.41, 5.74) is 2.94. The zero-order valence-corrected chi connectivity index (χ0v) is 28.2. The third-order valence-corrected chi connectivity index (χ3v) is 9.53. The molecule has 236 valence electrons. The summed E-state index contributed by atoms with van der Waals surface area (Å²) in [5.74, 6) is -0.331. The molecule has 4 aromatic rings. The van der Waals surface area contributed by atoms with Gasteiger partial charge in [-0.1, -0.05) is 76.1 Å². The average Bonchev–Trinajstić information content (AvgIpc) is 3.03. The predicted molar refractivity (Wildman–Crippen MR) is 181 cm³/mol. The zero-order chi connectivity index (χ0) is 32.6. The van der Waals surface area contributed by atoms with Gasteiger partial charge in [-0.3, -0.25) is 13.9 Å². The van der Waals surface area contributed by atoms with Crippen molar-refractivity contribution in [3.63, 3.8) is 0 Å². The second-order valence-electron chi connectivity index (χ2n) is 11.0. The Morgan fingerprint density at radius 2 is 1.47 bits per heavy atom. The first-order valence-electron chi connectivity index (χ1n) is 14.6. The fourth-order valence-corrected chi connectivity index (χ4v) is 6.51. The van der Waals surface area contributed by atoms with Gasteiger partial charge in [0.1, 0.15) is 18.3 Å². The Balaban J connectivity index is 1.79. The average molecular weight is 693 g/mol. The van der Waals surface area contributed by atoms with Gasteiger partial charge in [0.25, 0.3) is 10.0 Å². The summed E-state index contributed by atoms with van der Waals surface area (Å²) >= 11 is 3.45. The number of aryl methyl sites for hydroxylation is 1. The van der Waals surface area contributed by atoms with Crippen molar-refractivity contribution in [3.8, 4) is 5.75 Å². The summed E-state index contributed by atoms with van der Waals surface area (Å²) in [4.78, 5) is 29.7. The number of carbonyl (C=O) groups excluding carboxylic acids is 2. The van der Waals surface area contributed by atoms with E-state index < -0.39 is 28.5 Å². The maximum Gasteiger partial charge on any atom is 0.264 e. The number of halogens is 1. The lowest BCUT2D eigenvalue weighted by atomic mass is 10.0. The highest BCUT2D eigenvalue weighted by molar-refractivity contribution is 9.10. The van der Waals surface area contributed by atoms with Gasteiger partial charge in [-0.25, -0.2) is 8.42 Å². The van der Waals surface area contributed by atoms with Gasteiger partial charge in [0.2, 0.25) is 11.8 Å². The first-order chi connectivity index (χ1) is 21.5. The van der Waals surface area contributed by atoms with Gasteiger partial charge in [-0.05, 0) is 80.4 Å². The van der Waals surface area contributed by atoms with E-state index in [2.05, 4.69) is 21.2 Å². The Morgan fingerprint density at radius 1 is 0.844 bits per heavy atom. The smallest absolute Gasteiger partial charge is 0.264 e. The van der Waals surface area contributed by atoms with Crippen molar-refractivity contribution in [1.29, 1.82) is 0 Å². The third-order valence-electron chi connectivity index (χ3n) is 7.22. The van der Waals surface area contributed by atoms with E-state index in [1.54, 1.807) is 36.4 Å². The monoisotopic (exact) mass is 691 g/mol. The minimum Gasteiger partial charge on any atom is -0.497 e. The number of hydrogen-bond donors (Lipinski definition) is 1. The van der Waals surface area contributed by atoms with Gasteiger partial charge in [0.05, 0.1) is 17.7 Å². The van der Waals surface area contributed by atoms with Crippen LogP contribution < -0.4 is 14.4 Å². The van der Waals surface area contributed by atoms with E-state index in [1.165, 1.54) is 24.1 Å². The lowest BCUT2D eigenvalue weighted by Gasteiger charge is -2.34. The molecule has 0 bridgehead atoms. The molecule has 0 saturated carbocycles. The number of methoxy groups -OCH3 is 1. The van der Waals surface area contributed by atoms with Crippen molar-refractivity contribution >= 4 is 43.5 Å². The minimum absolute atomic E-state index is 0.00882. The maximum atomic E-state index is 14.5. The van der Waals surface area contributed by atoms with Gasteiger partial charge < -0.3 is 15.0 Å². The lowest BCUT2D eigenvalue weighted by molar-refractivity contribution is -0.140. The SMILES string of the molecule is COc1ccc(S(=O)(=O)N(CC(=O)N(Cc2ccc(Br)cc2)C(Cc2ccccc2)C(=O)NC(C)C)c2ccc(C)cc2)cc1. The van der Waals surface area contributed by atoms with E-state index in [9.17, 15) is 18.0 Å². The molecule has 0 heterocycles. The third kappa shape index (κ3) is 8.95. The number of rotatable bonds is 13. The van der Waals surface area contributed by atoms with E-state index in [0.717, 1.165) is 25.5 Å². The number of nitrogens with zero attached hydrogens (tertiary/aromatic N) is 2. The molecule has 8 nitrogen and oxygen atoms in total. The summed E-state index contributed by atoms with van der Waals surface area (Å²) in [5, 5.41) is 2.97. The number of carbonyl (C=O) groups is 2. The topological polar surface area (TPSA) is 96.0 Å². The Hall–Kier alpha value is -4.15. The van der Waals surface area contributed by atoms with Crippen LogP contribution in [0.1, 0.15) is 30.5 Å². The number of ether oxygens (including phenoxy) is 1. The van der Waals surface area contributed by atoms with Gasteiger partial charge in [-0.15, -0.1) is 0 Å². The molecule has 0 radical (unpaired) electrons. The molecule has 0 spiro atoms. The maximum absolute atomic E-state index is 14.5. The fraction of sp³-hybridized carbons (Fsp3) is 0.257. The molecular weight excluding hydrogens is 654 g/mol. The van der Waals surface area contributed by atoms with E-state index >= 15 is 0 Å². The first kappa shape index (κ1) is 33.7. The van der Waals surface area contributed by atoms with Crippen LogP contribution in [0.4, 0.5) is 5.69 Å². The molecule has 45 heavy (non-hydrogen) atoms. The van der Waals surface area contributed by atoms with Crippen molar-refractivity contribution in [2.75, 3.05) is 18.0 Å². The summed E-state index contributed by atoms with van der Waals surface area (Å²) in [7, 11) is -2.70. The molecule has 2 amide bonds. The molecule has 0 aliphatic rings. The first-order valence-corrected chi connectivity index (χ1v) is 16.8. The van der Waals surface area contributed by atoms with Crippen LogP contribution in [0.25, 0.3) is 0 Å². The second kappa shape index (κ2) is 15.2. The summed E-state index contributed by atoms with van der Waals surface area (Å²) < 4.78 is 35.5. The molecule has 4 rings (SSSR count). The number of hydrogen-bond acceptors (Lipinski definition) is 5. The normalized spacial score (nSPS) is 12.0. The molecule has 0 aromatic heterocycles. The van der Waals surface area contributed by atoms with E-state index in [4.69, 9.17) is 4.74 Å². The highest BCUT2D eigenvalue weighted by atomic mass is 79.9. The van der Waals surface area contributed by atoms with E-state index in [0.29, 0.717) is 11.4 Å². The molecule has 0 aliphatic heterocycles. The summed E-state index contributed by atoms with van der Waals surface area (Å²) in [6.45, 7) is 5.20. The Kier molecular flexibility index (Phi) is 11.4. The summed E-state index contributed by atoms with van der Waals surface area (Å²) in [6.07, 6.45) is 0.247. The molecular formula is C35H38BrN3O5S. The minimum atomic E-state index is -4.20. The van der Waals surface area contributed by atoms with Crippen molar-refractivity contribution in [2.24, 2.45) is 0 Å². The van der Waals surface area contributed by atoms with E-state index in [1.807, 2.05) is 75.4 Å². The standard InChI is InChI=1S/C35H38BrN3O5S/c1-25(2)37-35(41)33(22-27-8-6-5-7-9-27)38(23-28-12-14-29(36)15-13-28)34(40)24-39(30-16-10-26(3)11-17-30)45(42,43)32-20-18-31(44-4)19-21-32/h5-21,25,33H,22-24H2,1-4H3,(H,37,41). The molecule has 0 aliphatic carbocycles. The van der Waals surface area contributed by atoms with Crippen LogP contribution in [-0.2, 0) is 32.6 Å². The van der Waals surface area contributed by atoms with Crippen LogP contribution in [0.2, 0.25) is 0 Å². The van der Waals surface area contributed by atoms with Gasteiger partial charge in [0, 0.05) is 23.5 Å². The fourth-order valence-electron chi connectivity index (χ4n) is 4.84. The zero-order valence-electron chi connectivity index (χ0n) is 25.8. The number of amides is 2. The van der Waals surface area contributed by atoms with Crippen LogP contribution in [0.5, 0.6) is 5.75 Å². The number of nitrogens with one attached hydrogen (secondary N) is 1. The highest BCUT2D eigenvalue weighted by Crippen LogP contribution is 2.27. The molecule has 0 saturated heterocycles. The van der Waals surface area contributed by atoms with Gasteiger partial charge in [0.15, 0.2) is 0 Å². The largest absolute Gasteiger partial charge is 0.497 e. The van der Waals surface area contributed by atoms with Gasteiger partial charge in [-0.2, -0.15) is 0 Å². The Morgan fingerprint density at radius 3 is 2.04 bits per heavy atom. The van der Waals surface area contributed by atoms with Gasteiger partial charge >= 0.3 is 0 Å². The van der Waals surface area contributed by atoms with Crippen molar-refractivity contribution in [1.82, 2.24) is 10.2 Å². The molecule has 0 fully saturated rings. The Bertz CT molecular complexity index is 1680. The van der Waals surface area contributed by atoms with Crippen LogP contribution in [0.15, 0.2) is 112 Å². The van der Waals surface area contributed by atoms with Crippen LogP contribution >= 0.6 is 15.9 Å². The number of sulfonamides is 1.